The first-order chi connectivity index (χ1) is 17.8. The van der Waals surface area contributed by atoms with Gasteiger partial charge in [0.1, 0.15) is 5.75 Å². The van der Waals surface area contributed by atoms with Gasteiger partial charge in [-0.2, -0.15) is 0 Å². The highest BCUT2D eigenvalue weighted by molar-refractivity contribution is 9.10. The van der Waals surface area contributed by atoms with Gasteiger partial charge in [0.15, 0.2) is 17.3 Å². The molecule has 2 atom stereocenters. The Kier molecular flexibility index (Phi) is 7.15. The van der Waals surface area contributed by atoms with Gasteiger partial charge < -0.3 is 25.2 Å². The summed E-state index contributed by atoms with van der Waals surface area (Å²) < 4.78 is 11.8. The molecule has 192 valence electrons. The molecule has 7 heteroatoms. The molecule has 0 fully saturated rings. The molecule has 3 aromatic rings. The van der Waals surface area contributed by atoms with Gasteiger partial charge in [-0.15, -0.1) is 0 Å². The van der Waals surface area contributed by atoms with E-state index in [0.717, 1.165) is 33.9 Å². The smallest absolute Gasteiger partial charge is 0.172 e. The fourth-order valence-electron chi connectivity index (χ4n) is 4.99. The lowest BCUT2D eigenvalue weighted by atomic mass is 9.78. The average molecular weight is 563 g/mol. The second-order valence-corrected chi connectivity index (χ2v) is 10.9. The van der Waals surface area contributed by atoms with Gasteiger partial charge in [-0.1, -0.05) is 38.1 Å². The maximum Gasteiger partial charge on any atom is 0.172 e. The van der Waals surface area contributed by atoms with Gasteiger partial charge in [0.05, 0.1) is 35.6 Å². The molecule has 0 bridgehead atoms. The lowest BCUT2D eigenvalue weighted by molar-refractivity contribution is -0.116. The number of phenolic OH excluding ortho intramolecular Hbond substituents is 1. The van der Waals surface area contributed by atoms with Crippen molar-refractivity contribution in [3.8, 4) is 17.2 Å². The summed E-state index contributed by atoms with van der Waals surface area (Å²) in [4.78, 5) is 13.8. The van der Waals surface area contributed by atoms with Crippen LogP contribution in [0.5, 0.6) is 17.2 Å². The van der Waals surface area contributed by atoms with Crippen molar-refractivity contribution < 1.29 is 19.4 Å². The number of aromatic hydroxyl groups is 1. The van der Waals surface area contributed by atoms with Crippen molar-refractivity contribution in [3.05, 3.63) is 87.5 Å². The number of carbonyl (C=O) groups is 1. The van der Waals surface area contributed by atoms with Crippen molar-refractivity contribution in [2.24, 2.45) is 5.92 Å². The van der Waals surface area contributed by atoms with Crippen LogP contribution in [0.25, 0.3) is 0 Å². The van der Waals surface area contributed by atoms with Crippen molar-refractivity contribution in [3.63, 3.8) is 0 Å². The number of allylic oxidation sites excluding steroid dienone is 1. The summed E-state index contributed by atoms with van der Waals surface area (Å²) in [5.74, 6) is 1.83. The Labute approximate surface area is 225 Å². The molecule has 0 aromatic heterocycles. The Bertz CT molecular complexity index is 1350. The molecule has 1 aliphatic carbocycles. The quantitative estimate of drug-likeness (QED) is 0.295. The Balaban J connectivity index is 1.52. The molecule has 6 nitrogen and oxygen atoms in total. The number of Topliss-reactive ketones (excluding diaryl/α,β-unsaturated/α-hetero) is 1. The number of ether oxygens (including phenoxy) is 2. The van der Waals surface area contributed by atoms with Crippen LogP contribution in [0.4, 0.5) is 11.4 Å². The van der Waals surface area contributed by atoms with Gasteiger partial charge in [-0.25, -0.2) is 0 Å². The number of nitrogens with one attached hydrogen (secondary N) is 2. The first kappa shape index (κ1) is 25.2. The highest BCUT2D eigenvalue weighted by Crippen LogP contribution is 2.46. The zero-order valence-electron chi connectivity index (χ0n) is 21.2. The number of methoxy groups -OCH3 is 1. The van der Waals surface area contributed by atoms with Gasteiger partial charge in [-0.3, -0.25) is 4.79 Å². The maximum atomic E-state index is 13.8. The Morgan fingerprint density at radius 3 is 2.46 bits per heavy atom. The summed E-state index contributed by atoms with van der Waals surface area (Å²) >= 11 is 3.44. The van der Waals surface area contributed by atoms with Gasteiger partial charge in [-0.05, 0) is 81.7 Å². The maximum absolute atomic E-state index is 13.8. The van der Waals surface area contributed by atoms with E-state index in [4.69, 9.17) is 9.47 Å². The molecule has 0 saturated carbocycles. The van der Waals surface area contributed by atoms with E-state index < -0.39 is 6.04 Å². The zero-order chi connectivity index (χ0) is 26.1. The lowest BCUT2D eigenvalue weighted by Crippen LogP contribution is -2.27. The van der Waals surface area contributed by atoms with Crippen LogP contribution in [0.15, 0.2) is 76.4 Å². The highest BCUT2D eigenvalue weighted by Gasteiger charge is 2.36. The number of carbonyl (C=O) groups excluding carboxylic acids is 1. The lowest BCUT2D eigenvalue weighted by Gasteiger charge is -2.30. The molecule has 37 heavy (non-hydrogen) atoms. The molecule has 3 N–H and O–H groups in total. The number of halogens is 1. The third-order valence-electron chi connectivity index (χ3n) is 6.85. The molecule has 2 unspecified atom stereocenters. The van der Waals surface area contributed by atoms with E-state index in [2.05, 4.69) is 52.5 Å². The number of hydrogen-bond acceptors (Lipinski definition) is 6. The van der Waals surface area contributed by atoms with Crippen molar-refractivity contribution in [2.45, 2.75) is 38.6 Å². The number of hydrogen-bond donors (Lipinski definition) is 3. The van der Waals surface area contributed by atoms with Crippen LogP contribution < -0.4 is 20.1 Å². The Morgan fingerprint density at radius 1 is 1.03 bits per heavy atom. The summed E-state index contributed by atoms with van der Waals surface area (Å²) in [6.07, 6.45) is 1.12. The molecule has 1 aliphatic heterocycles. The predicted molar refractivity (Wildman–Crippen MR) is 150 cm³/mol. The average Bonchev–Trinajstić information content (AvgIpc) is 3.06. The van der Waals surface area contributed by atoms with Gasteiger partial charge in [0, 0.05) is 17.7 Å². The molecule has 2 aliphatic rings. The SMILES string of the molecule is COc1cc(C2Nc3ccccc3NC3=C2C(=O)CC(c2ccc(OCC(C)C)cc2)C3)cc(Br)c1O. The van der Waals surface area contributed by atoms with Crippen LogP contribution in [0.3, 0.4) is 0 Å². The minimum absolute atomic E-state index is 0.0310. The van der Waals surface area contributed by atoms with Crippen LogP contribution in [-0.2, 0) is 4.79 Å². The van der Waals surface area contributed by atoms with Gasteiger partial charge in [0.2, 0.25) is 0 Å². The van der Waals surface area contributed by atoms with E-state index in [1.165, 1.54) is 7.11 Å². The molecule has 0 spiro atoms. The van der Waals surface area contributed by atoms with Gasteiger partial charge in [0.25, 0.3) is 0 Å². The van der Waals surface area contributed by atoms with E-state index in [0.29, 0.717) is 41.2 Å². The largest absolute Gasteiger partial charge is 0.503 e. The second-order valence-electron chi connectivity index (χ2n) is 10.00. The third-order valence-corrected chi connectivity index (χ3v) is 7.45. The number of anilines is 2. The topological polar surface area (TPSA) is 79.8 Å². The van der Waals surface area contributed by atoms with Crippen LogP contribution >= 0.6 is 15.9 Å². The minimum atomic E-state index is -0.405. The number of fused-ring (bicyclic) bond motifs is 1. The monoisotopic (exact) mass is 562 g/mol. The molecule has 3 aromatic carbocycles. The molecule has 0 radical (unpaired) electrons. The molecular weight excluding hydrogens is 532 g/mol. The van der Waals surface area contributed by atoms with Gasteiger partial charge >= 0.3 is 0 Å². The Hall–Kier alpha value is -3.45. The summed E-state index contributed by atoms with van der Waals surface area (Å²) in [5.41, 5.74) is 5.39. The first-order valence-electron chi connectivity index (χ1n) is 12.5. The summed E-state index contributed by atoms with van der Waals surface area (Å²) in [6.45, 7) is 4.92. The second kappa shape index (κ2) is 10.5. The fourth-order valence-corrected chi connectivity index (χ4v) is 5.45. The molecule has 0 amide bonds. The van der Waals surface area contributed by atoms with E-state index >= 15 is 0 Å². The number of rotatable bonds is 6. The molecule has 1 heterocycles. The van der Waals surface area contributed by atoms with Crippen molar-refractivity contribution >= 4 is 33.1 Å². The molecule has 5 rings (SSSR count). The van der Waals surface area contributed by atoms with Crippen molar-refractivity contribution in [1.29, 1.82) is 0 Å². The van der Waals surface area contributed by atoms with Crippen LogP contribution in [0.1, 0.15) is 49.8 Å². The Morgan fingerprint density at radius 2 is 1.76 bits per heavy atom. The number of phenols is 1. The summed E-state index contributed by atoms with van der Waals surface area (Å²) in [6, 6.07) is 19.3. The number of ketones is 1. The predicted octanol–water partition coefficient (Wildman–Crippen LogP) is 7.18. The first-order valence-corrected chi connectivity index (χ1v) is 13.3. The van der Waals surface area contributed by atoms with Crippen LogP contribution in [-0.4, -0.2) is 24.6 Å². The molecule has 0 saturated heterocycles. The summed E-state index contributed by atoms with van der Waals surface area (Å²) in [5, 5.41) is 17.5. The summed E-state index contributed by atoms with van der Waals surface area (Å²) in [7, 11) is 1.52. The van der Waals surface area contributed by atoms with E-state index in [-0.39, 0.29) is 17.5 Å². The third kappa shape index (κ3) is 5.18. The normalized spacial score (nSPS) is 18.9. The standard InChI is InChI=1S/C30H31BrN2O4/c1-17(2)16-37-21-10-8-18(9-11-21)19-13-25-28(26(34)14-19)29(33-24-7-5-4-6-23(24)32-25)20-12-22(31)30(35)27(15-20)36-3/h4-12,15,17,19,29,32-33,35H,13-14,16H2,1-3H3. The van der Waals surface area contributed by atoms with Crippen molar-refractivity contribution in [2.75, 3.05) is 24.4 Å². The van der Waals surface area contributed by atoms with Crippen molar-refractivity contribution in [1.82, 2.24) is 0 Å². The van der Waals surface area contributed by atoms with E-state index in [9.17, 15) is 9.90 Å². The van der Waals surface area contributed by atoms with Crippen LogP contribution in [0, 0.1) is 5.92 Å². The van der Waals surface area contributed by atoms with Crippen LogP contribution in [0.2, 0.25) is 0 Å². The number of benzene rings is 3. The highest BCUT2D eigenvalue weighted by atomic mass is 79.9. The zero-order valence-corrected chi connectivity index (χ0v) is 22.8. The van der Waals surface area contributed by atoms with E-state index in [1.807, 2.05) is 42.5 Å². The molecular formula is C30H31BrN2O4. The van der Waals surface area contributed by atoms with E-state index in [1.54, 1.807) is 6.07 Å². The number of para-hydroxylation sites is 2. The fraction of sp³-hybridized carbons (Fsp3) is 0.300. The minimum Gasteiger partial charge on any atom is -0.503 e.